The molecule has 5 heteroatoms. The van der Waals surface area contributed by atoms with Crippen LogP contribution in [-0.4, -0.2) is 36.3 Å². The third-order valence-electron chi connectivity index (χ3n) is 3.88. The maximum Gasteiger partial charge on any atom is 0.224 e. The summed E-state index contributed by atoms with van der Waals surface area (Å²) in [5.74, 6) is 0.767. The van der Waals surface area contributed by atoms with Gasteiger partial charge in [0.2, 0.25) is 11.8 Å². The van der Waals surface area contributed by atoms with Crippen LogP contribution >= 0.6 is 0 Å². The Bertz CT molecular complexity index is 513. The maximum atomic E-state index is 12.1. The molecule has 1 unspecified atom stereocenters. The van der Waals surface area contributed by atoms with E-state index in [4.69, 9.17) is 0 Å². The van der Waals surface area contributed by atoms with Crippen LogP contribution < -0.4 is 10.6 Å². The lowest BCUT2D eigenvalue weighted by atomic mass is 10.00. The highest BCUT2D eigenvalue weighted by Gasteiger charge is 2.20. The Hall–Kier alpha value is -2.04. The normalized spacial score (nSPS) is 17.9. The van der Waals surface area contributed by atoms with Crippen molar-refractivity contribution in [2.45, 2.75) is 33.1 Å². The van der Waals surface area contributed by atoms with Gasteiger partial charge in [0, 0.05) is 44.4 Å². The second-order valence-electron chi connectivity index (χ2n) is 6.02. The van der Waals surface area contributed by atoms with Crippen molar-refractivity contribution in [3.05, 3.63) is 24.3 Å². The topological polar surface area (TPSA) is 61.4 Å². The summed E-state index contributed by atoms with van der Waals surface area (Å²) in [6, 6.07) is 7.49. The number of rotatable bonds is 5. The van der Waals surface area contributed by atoms with Crippen LogP contribution in [-0.2, 0) is 9.59 Å². The molecule has 0 radical (unpaired) electrons. The van der Waals surface area contributed by atoms with E-state index in [0.29, 0.717) is 18.9 Å². The molecule has 2 rings (SSSR count). The predicted molar refractivity (Wildman–Crippen MR) is 88.8 cm³/mol. The van der Waals surface area contributed by atoms with Crippen molar-refractivity contribution < 1.29 is 9.59 Å². The molecule has 1 aliphatic rings. The minimum Gasteiger partial charge on any atom is -0.385 e. The monoisotopic (exact) mass is 303 g/mol. The van der Waals surface area contributed by atoms with Crippen LogP contribution in [0.1, 0.15) is 33.1 Å². The molecule has 22 heavy (non-hydrogen) atoms. The van der Waals surface area contributed by atoms with E-state index in [9.17, 15) is 9.59 Å². The van der Waals surface area contributed by atoms with E-state index in [1.807, 2.05) is 29.2 Å². The van der Waals surface area contributed by atoms with E-state index >= 15 is 0 Å². The predicted octanol–water partition coefficient (Wildman–Crippen LogP) is 2.71. The first-order valence-corrected chi connectivity index (χ1v) is 7.94. The molecule has 0 bridgehead atoms. The average molecular weight is 303 g/mol. The summed E-state index contributed by atoms with van der Waals surface area (Å²) >= 11 is 0. The zero-order chi connectivity index (χ0) is 15.9. The lowest BCUT2D eigenvalue weighted by Gasteiger charge is -2.31. The number of benzene rings is 1. The molecule has 2 N–H and O–H groups in total. The number of nitrogens with zero attached hydrogens (tertiary/aromatic N) is 1. The van der Waals surface area contributed by atoms with Gasteiger partial charge < -0.3 is 15.5 Å². The Kier molecular flexibility index (Phi) is 5.81. The van der Waals surface area contributed by atoms with Gasteiger partial charge in [-0.05, 0) is 43.0 Å². The lowest BCUT2D eigenvalue weighted by Crippen LogP contribution is -2.39. The van der Waals surface area contributed by atoms with E-state index in [1.165, 1.54) is 13.3 Å². The van der Waals surface area contributed by atoms with Gasteiger partial charge in [-0.1, -0.05) is 6.92 Å². The Morgan fingerprint density at radius 1 is 1.23 bits per heavy atom. The Balaban J connectivity index is 1.73. The first kappa shape index (κ1) is 16.3. The van der Waals surface area contributed by atoms with Crippen LogP contribution in [0.2, 0.25) is 0 Å². The summed E-state index contributed by atoms with van der Waals surface area (Å²) in [5, 5.41) is 5.97. The van der Waals surface area contributed by atoms with Crippen molar-refractivity contribution >= 4 is 23.2 Å². The van der Waals surface area contributed by atoms with Gasteiger partial charge in [0.05, 0.1) is 0 Å². The SMILES string of the molecule is CC(=O)Nc1ccc(NCCC(=O)N2CCCC(C)C2)cc1. The highest BCUT2D eigenvalue weighted by atomic mass is 16.2. The molecule has 1 fully saturated rings. The Morgan fingerprint density at radius 2 is 1.91 bits per heavy atom. The highest BCUT2D eigenvalue weighted by molar-refractivity contribution is 5.88. The zero-order valence-corrected chi connectivity index (χ0v) is 13.4. The molecule has 120 valence electrons. The molecule has 5 nitrogen and oxygen atoms in total. The van der Waals surface area contributed by atoms with Gasteiger partial charge in [-0.15, -0.1) is 0 Å². The maximum absolute atomic E-state index is 12.1. The summed E-state index contributed by atoms with van der Waals surface area (Å²) in [7, 11) is 0. The third kappa shape index (κ3) is 5.06. The number of likely N-dealkylation sites (tertiary alicyclic amines) is 1. The van der Waals surface area contributed by atoms with Crippen LogP contribution in [0.3, 0.4) is 0 Å². The fourth-order valence-corrected chi connectivity index (χ4v) is 2.76. The molecular weight excluding hydrogens is 278 g/mol. The van der Waals surface area contributed by atoms with Crippen molar-refractivity contribution in [2.24, 2.45) is 5.92 Å². The van der Waals surface area contributed by atoms with E-state index < -0.39 is 0 Å². The number of amides is 2. The van der Waals surface area contributed by atoms with Crippen LogP contribution in [0, 0.1) is 5.92 Å². The van der Waals surface area contributed by atoms with Crippen LogP contribution in [0.15, 0.2) is 24.3 Å². The van der Waals surface area contributed by atoms with Crippen LogP contribution in [0.25, 0.3) is 0 Å². The molecule has 0 aliphatic carbocycles. The number of nitrogens with one attached hydrogen (secondary N) is 2. The summed E-state index contributed by atoms with van der Waals surface area (Å²) in [4.78, 5) is 25.1. The minimum absolute atomic E-state index is 0.0814. The second kappa shape index (κ2) is 7.82. The van der Waals surface area contributed by atoms with E-state index in [1.54, 1.807) is 0 Å². The van der Waals surface area contributed by atoms with Gasteiger partial charge in [0.15, 0.2) is 0 Å². The van der Waals surface area contributed by atoms with E-state index in [-0.39, 0.29) is 11.8 Å². The minimum atomic E-state index is -0.0814. The van der Waals surface area contributed by atoms with Crippen LogP contribution in [0.4, 0.5) is 11.4 Å². The molecular formula is C17H25N3O2. The van der Waals surface area contributed by atoms with Crippen molar-refractivity contribution in [1.29, 1.82) is 0 Å². The van der Waals surface area contributed by atoms with Crippen molar-refractivity contribution in [2.75, 3.05) is 30.3 Å². The fraction of sp³-hybridized carbons (Fsp3) is 0.529. The molecule has 0 aromatic heterocycles. The number of hydrogen-bond acceptors (Lipinski definition) is 3. The quantitative estimate of drug-likeness (QED) is 0.879. The van der Waals surface area contributed by atoms with Crippen LogP contribution in [0.5, 0.6) is 0 Å². The Morgan fingerprint density at radius 3 is 2.55 bits per heavy atom. The third-order valence-corrected chi connectivity index (χ3v) is 3.88. The Labute approximate surface area is 132 Å². The molecule has 2 amide bonds. The van der Waals surface area contributed by atoms with Crippen molar-refractivity contribution in [3.63, 3.8) is 0 Å². The van der Waals surface area contributed by atoms with Crippen molar-refractivity contribution in [3.8, 4) is 0 Å². The van der Waals surface area contributed by atoms with Gasteiger partial charge in [-0.25, -0.2) is 0 Å². The van der Waals surface area contributed by atoms with E-state index in [0.717, 1.165) is 30.9 Å². The number of carbonyl (C=O) groups excluding carboxylic acids is 2. The number of piperidine rings is 1. The summed E-state index contributed by atoms with van der Waals surface area (Å²) in [5.41, 5.74) is 1.73. The summed E-state index contributed by atoms with van der Waals surface area (Å²) in [6.07, 6.45) is 2.85. The van der Waals surface area contributed by atoms with Crippen molar-refractivity contribution in [1.82, 2.24) is 4.90 Å². The van der Waals surface area contributed by atoms with Gasteiger partial charge in [0.25, 0.3) is 0 Å². The van der Waals surface area contributed by atoms with Gasteiger partial charge in [0.1, 0.15) is 0 Å². The largest absolute Gasteiger partial charge is 0.385 e. The molecule has 1 aromatic rings. The molecule has 1 heterocycles. The summed E-state index contributed by atoms with van der Waals surface area (Å²) < 4.78 is 0. The standard InChI is InChI=1S/C17H25N3O2/c1-13-4-3-11-20(12-13)17(22)9-10-18-15-5-7-16(8-6-15)19-14(2)21/h5-8,13,18H,3-4,9-12H2,1-2H3,(H,19,21). The second-order valence-corrected chi connectivity index (χ2v) is 6.02. The molecule has 1 saturated heterocycles. The fourth-order valence-electron chi connectivity index (χ4n) is 2.76. The molecule has 0 saturated carbocycles. The van der Waals surface area contributed by atoms with E-state index in [2.05, 4.69) is 17.6 Å². The lowest BCUT2D eigenvalue weighted by molar-refractivity contribution is -0.132. The number of carbonyl (C=O) groups is 2. The zero-order valence-electron chi connectivity index (χ0n) is 13.4. The summed E-state index contributed by atoms with van der Waals surface area (Å²) in [6.45, 7) is 6.11. The van der Waals surface area contributed by atoms with Gasteiger partial charge in [-0.2, -0.15) is 0 Å². The number of hydrogen-bond donors (Lipinski definition) is 2. The van der Waals surface area contributed by atoms with Gasteiger partial charge >= 0.3 is 0 Å². The molecule has 1 aromatic carbocycles. The molecule has 1 aliphatic heterocycles. The smallest absolute Gasteiger partial charge is 0.224 e. The molecule has 0 spiro atoms. The number of anilines is 2. The average Bonchev–Trinajstić information content (AvgIpc) is 2.48. The first-order chi connectivity index (χ1) is 10.5. The van der Waals surface area contributed by atoms with Gasteiger partial charge in [-0.3, -0.25) is 9.59 Å². The highest BCUT2D eigenvalue weighted by Crippen LogP contribution is 2.17. The first-order valence-electron chi connectivity index (χ1n) is 7.94. The molecule has 1 atom stereocenters.